The van der Waals surface area contributed by atoms with Crippen LogP contribution in [0, 0.1) is 57.2 Å². The number of fused-ring (bicyclic) bond motifs is 5. The van der Waals surface area contributed by atoms with Crippen LogP contribution in [0.3, 0.4) is 0 Å². The summed E-state index contributed by atoms with van der Waals surface area (Å²) in [6.07, 6.45) is 7.25. The fraction of sp³-hybridized carbons (Fsp3) is 0.882. The third-order valence-electron chi connectivity index (χ3n) is 12.6. The number of ketones is 2. The molecule has 0 aromatic rings. The number of esters is 2. The zero-order valence-corrected chi connectivity index (χ0v) is 26.6. The lowest BCUT2D eigenvalue weighted by molar-refractivity contribution is -0.212. The minimum atomic E-state index is -0.516. The van der Waals surface area contributed by atoms with Gasteiger partial charge in [-0.2, -0.15) is 0 Å². The second-order valence-electron chi connectivity index (χ2n) is 15.6. The summed E-state index contributed by atoms with van der Waals surface area (Å²) in [6.45, 7) is 18.6. The van der Waals surface area contributed by atoms with Crippen LogP contribution in [-0.4, -0.2) is 36.2 Å². The molecule has 0 radical (unpaired) electrons. The smallest absolute Gasteiger partial charge is 0.302 e. The van der Waals surface area contributed by atoms with Gasteiger partial charge in [-0.3, -0.25) is 19.2 Å². The van der Waals surface area contributed by atoms with Crippen LogP contribution in [0.15, 0.2) is 0 Å². The normalized spacial score (nSPS) is 41.1. The maximum Gasteiger partial charge on any atom is 0.302 e. The Balaban J connectivity index is 1.73. The first kappa shape index (κ1) is 31.2. The van der Waals surface area contributed by atoms with Crippen LogP contribution in [-0.2, 0) is 28.7 Å². The van der Waals surface area contributed by atoms with Crippen LogP contribution in [0.1, 0.15) is 120 Å². The molecule has 0 heterocycles. The number of Topliss-reactive ketones (excluding diaryl/α,β-unsaturated/α-hetero) is 2. The molecule has 4 rings (SSSR count). The Bertz CT molecular complexity index is 1030. The van der Waals surface area contributed by atoms with E-state index in [2.05, 4.69) is 48.5 Å². The monoisotopic (exact) mass is 558 g/mol. The van der Waals surface area contributed by atoms with E-state index in [0.29, 0.717) is 31.1 Å². The Labute approximate surface area is 242 Å². The van der Waals surface area contributed by atoms with Crippen molar-refractivity contribution in [1.82, 2.24) is 0 Å². The molecule has 40 heavy (non-hydrogen) atoms. The van der Waals surface area contributed by atoms with E-state index < -0.39 is 16.2 Å². The second-order valence-corrected chi connectivity index (χ2v) is 15.6. The van der Waals surface area contributed by atoms with Crippen molar-refractivity contribution in [1.29, 1.82) is 0 Å². The van der Waals surface area contributed by atoms with Gasteiger partial charge in [0.25, 0.3) is 0 Å². The van der Waals surface area contributed by atoms with E-state index in [4.69, 9.17) is 9.47 Å². The van der Waals surface area contributed by atoms with Gasteiger partial charge in [-0.25, -0.2) is 0 Å². The lowest BCUT2D eigenvalue weighted by Gasteiger charge is -2.66. The summed E-state index contributed by atoms with van der Waals surface area (Å²) < 4.78 is 11.6. The van der Waals surface area contributed by atoms with Crippen LogP contribution in [0.2, 0.25) is 0 Å². The lowest BCUT2D eigenvalue weighted by atomic mass is 9.37. The highest BCUT2D eigenvalue weighted by atomic mass is 16.5. The van der Waals surface area contributed by atoms with Gasteiger partial charge in [0, 0.05) is 49.4 Å². The van der Waals surface area contributed by atoms with Crippen molar-refractivity contribution in [2.75, 3.05) is 6.61 Å². The summed E-state index contributed by atoms with van der Waals surface area (Å²) in [6, 6.07) is 0. The topological polar surface area (TPSA) is 86.7 Å². The minimum absolute atomic E-state index is 0.0347. The zero-order valence-electron chi connectivity index (χ0n) is 26.6. The highest BCUT2D eigenvalue weighted by Gasteiger charge is 2.74. The molecule has 4 aliphatic rings. The number of rotatable bonds is 8. The van der Waals surface area contributed by atoms with Gasteiger partial charge in [0.15, 0.2) is 0 Å². The van der Waals surface area contributed by atoms with Gasteiger partial charge in [-0.15, -0.1) is 0 Å². The number of ether oxygens (including phenoxy) is 2. The third kappa shape index (κ3) is 4.87. The average Bonchev–Trinajstić information content (AvgIpc) is 3.13. The largest absolute Gasteiger partial charge is 0.465 e. The summed E-state index contributed by atoms with van der Waals surface area (Å²) in [5, 5.41) is 0. The van der Waals surface area contributed by atoms with Gasteiger partial charge in [0.2, 0.25) is 0 Å². The molecule has 0 N–H and O–H groups in total. The Morgan fingerprint density at radius 2 is 1.57 bits per heavy atom. The first-order valence-electron chi connectivity index (χ1n) is 15.9. The molecule has 4 aliphatic carbocycles. The lowest BCUT2D eigenvalue weighted by Crippen LogP contribution is -2.68. The standard InChI is InChI=1S/C34H54O6/c1-20(2)11-10-12-21(3)24-13-16-33(9)30-25(37)17-27-31(6,7)28(40-23(5)36)14-15-32(27,8)29(30)26(38)18-34(24,33)19-39-22(4)35/h20-21,24,27-30H,10-19H2,1-9H3/t21-,24-,27+,28?,29+,30-,32+,33+,34+/m1/s1. The van der Waals surface area contributed by atoms with Gasteiger partial charge >= 0.3 is 11.9 Å². The average molecular weight is 559 g/mol. The van der Waals surface area contributed by atoms with Crippen LogP contribution >= 0.6 is 0 Å². The molecular formula is C34H54O6. The SMILES string of the molecule is CC(=O)OC[C@]12CC(=O)[C@H]3[C@@H](C(=O)C[C@H]4C(C)(C)C(OC(C)=O)CC[C@]34C)[C@]1(C)CC[C@@H]2[C@H](C)CCCC(C)C. The van der Waals surface area contributed by atoms with Gasteiger partial charge in [-0.05, 0) is 60.2 Å². The summed E-state index contributed by atoms with van der Waals surface area (Å²) in [4.78, 5) is 52.9. The second kappa shape index (κ2) is 10.8. The first-order valence-corrected chi connectivity index (χ1v) is 15.9. The third-order valence-corrected chi connectivity index (χ3v) is 12.6. The molecule has 0 aromatic carbocycles. The van der Waals surface area contributed by atoms with E-state index in [1.165, 1.54) is 20.3 Å². The molecule has 6 nitrogen and oxygen atoms in total. The van der Waals surface area contributed by atoms with E-state index in [1.54, 1.807) is 0 Å². The highest BCUT2D eigenvalue weighted by molar-refractivity contribution is 5.95. The number of hydrogen-bond donors (Lipinski definition) is 0. The van der Waals surface area contributed by atoms with Crippen molar-refractivity contribution in [2.45, 2.75) is 126 Å². The molecule has 0 spiro atoms. The Morgan fingerprint density at radius 1 is 0.900 bits per heavy atom. The first-order chi connectivity index (χ1) is 18.5. The number of hydrogen-bond acceptors (Lipinski definition) is 6. The highest BCUT2D eigenvalue weighted by Crippen LogP contribution is 2.73. The van der Waals surface area contributed by atoms with E-state index >= 15 is 0 Å². The molecule has 0 saturated heterocycles. The van der Waals surface area contributed by atoms with E-state index in [9.17, 15) is 19.2 Å². The summed E-state index contributed by atoms with van der Waals surface area (Å²) >= 11 is 0. The maximum absolute atomic E-state index is 14.5. The zero-order chi connectivity index (χ0) is 29.8. The number of carbonyl (C=O) groups is 4. The fourth-order valence-electron chi connectivity index (χ4n) is 10.6. The maximum atomic E-state index is 14.5. The summed E-state index contributed by atoms with van der Waals surface area (Å²) in [7, 11) is 0. The molecule has 1 unspecified atom stereocenters. The molecule has 226 valence electrons. The van der Waals surface area contributed by atoms with Crippen LogP contribution in [0.25, 0.3) is 0 Å². The molecule has 6 heteroatoms. The van der Waals surface area contributed by atoms with Gasteiger partial charge < -0.3 is 9.47 Å². The predicted molar refractivity (Wildman–Crippen MR) is 154 cm³/mol. The Hall–Kier alpha value is -1.72. The van der Waals surface area contributed by atoms with Crippen molar-refractivity contribution in [3.8, 4) is 0 Å². The van der Waals surface area contributed by atoms with Crippen molar-refractivity contribution < 1.29 is 28.7 Å². The molecule has 9 atom stereocenters. The molecule has 0 aromatic heterocycles. The van der Waals surface area contributed by atoms with Crippen LogP contribution in [0.4, 0.5) is 0 Å². The predicted octanol–water partition coefficient (Wildman–Crippen LogP) is 6.97. The Morgan fingerprint density at radius 3 is 2.17 bits per heavy atom. The molecule has 0 aliphatic heterocycles. The van der Waals surface area contributed by atoms with Crippen molar-refractivity contribution in [3.05, 3.63) is 0 Å². The van der Waals surface area contributed by atoms with Gasteiger partial charge in [0.05, 0.1) is 6.61 Å². The molecule has 4 saturated carbocycles. The molecule has 0 amide bonds. The molecular weight excluding hydrogens is 504 g/mol. The van der Waals surface area contributed by atoms with Crippen molar-refractivity contribution in [3.63, 3.8) is 0 Å². The Kier molecular flexibility index (Phi) is 8.46. The quantitative estimate of drug-likeness (QED) is 0.299. The van der Waals surface area contributed by atoms with E-state index in [0.717, 1.165) is 32.1 Å². The van der Waals surface area contributed by atoms with Gasteiger partial charge in [-0.1, -0.05) is 67.7 Å². The molecule has 0 bridgehead atoms. The van der Waals surface area contributed by atoms with Crippen molar-refractivity contribution >= 4 is 23.5 Å². The van der Waals surface area contributed by atoms with Gasteiger partial charge in [0.1, 0.15) is 17.7 Å². The van der Waals surface area contributed by atoms with Crippen LogP contribution in [0.5, 0.6) is 0 Å². The van der Waals surface area contributed by atoms with Crippen LogP contribution < -0.4 is 0 Å². The van der Waals surface area contributed by atoms with Crippen molar-refractivity contribution in [2.24, 2.45) is 57.2 Å². The summed E-state index contributed by atoms with van der Waals surface area (Å²) in [5.74, 6) is 0.285. The van der Waals surface area contributed by atoms with E-state index in [-0.39, 0.29) is 65.3 Å². The number of carbonyl (C=O) groups excluding carboxylic acids is 4. The fourth-order valence-corrected chi connectivity index (χ4v) is 10.6. The minimum Gasteiger partial charge on any atom is -0.465 e. The summed E-state index contributed by atoms with van der Waals surface area (Å²) in [5.41, 5.74) is -1.67. The molecule has 4 fully saturated rings. The van der Waals surface area contributed by atoms with E-state index in [1.807, 2.05) is 0 Å².